The monoisotopic (exact) mass is 239 g/mol. The molecule has 0 unspecified atom stereocenters. The lowest BCUT2D eigenvalue weighted by atomic mass is 10.2. The van der Waals surface area contributed by atoms with Crippen LogP contribution in [0.4, 0.5) is 0 Å². The Hall–Kier alpha value is -1.36. The van der Waals surface area contributed by atoms with E-state index in [1.54, 1.807) is 6.20 Å². The van der Waals surface area contributed by atoms with E-state index in [-0.39, 0.29) is 5.91 Å². The molecule has 1 aromatic rings. The van der Waals surface area contributed by atoms with Crippen LogP contribution in [0.1, 0.15) is 36.3 Å². The van der Waals surface area contributed by atoms with E-state index in [0.29, 0.717) is 24.6 Å². The van der Waals surface area contributed by atoms with E-state index >= 15 is 0 Å². The van der Waals surface area contributed by atoms with E-state index in [4.69, 9.17) is 4.74 Å². The van der Waals surface area contributed by atoms with Gasteiger partial charge in [0.25, 0.3) is 5.91 Å². The molecule has 2 N–H and O–H groups in total. The zero-order valence-corrected chi connectivity index (χ0v) is 10.7. The van der Waals surface area contributed by atoms with Crippen LogP contribution < -0.4 is 5.32 Å². The Morgan fingerprint density at radius 2 is 2.35 bits per heavy atom. The summed E-state index contributed by atoms with van der Waals surface area (Å²) < 4.78 is 5.42. The van der Waals surface area contributed by atoms with Gasteiger partial charge < -0.3 is 10.1 Å². The highest BCUT2D eigenvalue weighted by atomic mass is 16.5. The van der Waals surface area contributed by atoms with Crippen molar-refractivity contribution in [3.63, 3.8) is 0 Å². The minimum Gasteiger partial charge on any atom is -0.381 e. The first-order chi connectivity index (χ1) is 8.11. The fraction of sp³-hybridized carbons (Fsp3) is 0.667. The topological polar surface area (TPSA) is 67.0 Å². The maximum Gasteiger partial charge on any atom is 0.254 e. The molecule has 0 spiro atoms. The third kappa shape index (κ3) is 4.99. The number of amides is 1. The molecule has 96 valence electrons. The summed E-state index contributed by atoms with van der Waals surface area (Å²) in [4.78, 5) is 11.7. The maximum atomic E-state index is 11.7. The number of H-pyrrole nitrogens is 1. The second-order valence-electron chi connectivity index (χ2n) is 4.49. The smallest absolute Gasteiger partial charge is 0.254 e. The summed E-state index contributed by atoms with van der Waals surface area (Å²) in [6, 6.07) is 0. The van der Waals surface area contributed by atoms with Crippen LogP contribution >= 0.6 is 0 Å². The first-order valence-corrected chi connectivity index (χ1v) is 5.97. The molecule has 1 aromatic heterocycles. The highest BCUT2D eigenvalue weighted by molar-refractivity contribution is 5.94. The van der Waals surface area contributed by atoms with Crippen molar-refractivity contribution < 1.29 is 9.53 Å². The van der Waals surface area contributed by atoms with E-state index in [1.807, 2.05) is 6.92 Å². The number of ether oxygens (including phenoxy) is 1. The lowest BCUT2D eigenvalue weighted by Crippen LogP contribution is -2.25. The Morgan fingerprint density at radius 3 is 2.94 bits per heavy atom. The van der Waals surface area contributed by atoms with E-state index in [1.165, 1.54) is 0 Å². The molecule has 1 amide bonds. The summed E-state index contributed by atoms with van der Waals surface area (Å²) in [5, 5.41) is 9.38. The molecule has 1 rings (SSSR count). The normalized spacial score (nSPS) is 10.8. The second kappa shape index (κ2) is 7.06. The molecular weight excluding hydrogens is 218 g/mol. The summed E-state index contributed by atoms with van der Waals surface area (Å²) in [5.74, 6) is 0.471. The summed E-state index contributed by atoms with van der Waals surface area (Å²) in [7, 11) is 0. The van der Waals surface area contributed by atoms with Crippen LogP contribution in [0.15, 0.2) is 6.20 Å². The number of aromatic nitrogens is 2. The number of carbonyl (C=O) groups is 1. The highest BCUT2D eigenvalue weighted by Crippen LogP contribution is 2.01. The molecule has 0 radical (unpaired) electrons. The van der Waals surface area contributed by atoms with Crippen LogP contribution in [-0.2, 0) is 4.74 Å². The molecule has 17 heavy (non-hydrogen) atoms. The minimum atomic E-state index is -0.0832. The SMILES string of the molecule is Cc1[nH]ncc1C(=O)NCCCOCC(C)C. The number of rotatable bonds is 7. The van der Waals surface area contributed by atoms with Crippen LogP contribution in [-0.4, -0.2) is 35.9 Å². The van der Waals surface area contributed by atoms with Crippen LogP contribution in [0.5, 0.6) is 0 Å². The lowest BCUT2D eigenvalue weighted by molar-refractivity contribution is 0.0924. The van der Waals surface area contributed by atoms with Gasteiger partial charge in [-0.05, 0) is 19.3 Å². The zero-order valence-electron chi connectivity index (χ0n) is 10.7. The van der Waals surface area contributed by atoms with Crippen LogP contribution in [0.3, 0.4) is 0 Å². The van der Waals surface area contributed by atoms with Crippen molar-refractivity contribution in [3.8, 4) is 0 Å². The zero-order chi connectivity index (χ0) is 12.7. The lowest BCUT2D eigenvalue weighted by Gasteiger charge is -2.07. The van der Waals surface area contributed by atoms with Crippen molar-refractivity contribution in [1.29, 1.82) is 0 Å². The van der Waals surface area contributed by atoms with Gasteiger partial charge >= 0.3 is 0 Å². The molecule has 0 aliphatic rings. The predicted molar refractivity (Wildman–Crippen MR) is 65.9 cm³/mol. The van der Waals surface area contributed by atoms with Crippen molar-refractivity contribution in [2.45, 2.75) is 27.2 Å². The van der Waals surface area contributed by atoms with Crippen LogP contribution in [0.2, 0.25) is 0 Å². The molecular formula is C12H21N3O2. The number of hydrogen-bond donors (Lipinski definition) is 2. The Kier molecular flexibility index (Phi) is 5.69. The Labute approximate surface area is 102 Å². The van der Waals surface area contributed by atoms with E-state index in [9.17, 15) is 4.79 Å². The molecule has 1 heterocycles. The van der Waals surface area contributed by atoms with Gasteiger partial charge in [-0.3, -0.25) is 9.89 Å². The van der Waals surface area contributed by atoms with E-state index < -0.39 is 0 Å². The van der Waals surface area contributed by atoms with Gasteiger partial charge in [-0.25, -0.2) is 0 Å². The Bertz CT molecular complexity index is 347. The predicted octanol–water partition coefficient (Wildman–Crippen LogP) is 1.51. The van der Waals surface area contributed by atoms with Crippen molar-refractivity contribution in [3.05, 3.63) is 17.5 Å². The van der Waals surface area contributed by atoms with Crippen LogP contribution in [0.25, 0.3) is 0 Å². The third-order valence-electron chi connectivity index (χ3n) is 2.28. The fourth-order valence-corrected chi connectivity index (χ4v) is 1.37. The summed E-state index contributed by atoms with van der Waals surface area (Å²) in [6.07, 6.45) is 2.37. The van der Waals surface area contributed by atoms with Crippen molar-refractivity contribution in [1.82, 2.24) is 15.5 Å². The number of hydrogen-bond acceptors (Lipinski definition) is 3. The molecule has 0 saturated heterocycles. The molecule has 0 saturated carbocycles. The molecule has 5 heteroatoms. The third-order valence-corrected chi connectivity index (χ3v) is 2.28. The Morgan fingerprint density at radius 1 is 1.59 bits per heavy atom. The molecule has 0 atom stereocenters. The first-order valence-electron chi connectivity index (χ1n) is 5.97. The molecule has 0 fully saturated rings. The number of aryl methyl sites for hydroxylation is 1. The van der Waals surface area contributed by atoms with Gasteiger partial charge in [-0.2, -0.15) is 5.10 Å². The molecule has 0 bridgehead atoms. The van der Waals surface area contributed by atoms with Gasteiger partial charge in [0, 0.05) is 25.5 Å². The first kappa shape index (κ1) is 13.7. The maximum absolute atomic E-state index is 11.7. The quantitative estimate of drug-likeness (QED) is 0.709. The van der Waals surface area contributed by atoms with Crippen molar-refractivity contribution in [2.24, 2.45) is 5.92 Å². The average molecular weight is 239 g/mol. The van der Waals surface area contributed by atoms with Gasteiger partial charge in [0.15, 0.2) is 0 Å². The second-order valence-corrected chi connectivity index (χ2v) is 4.49. The number of nitrogens with zero attached hydrogens (tertiary/aromatic N) is 1. The summed E-state index contributed by atoms with van der Waals surface area (Å²) in [6.45, 7) is 8.14. The Balaban J connectivity index is 2.11. The van der Waals surface area contributed by atoms with Gasteiger partial charge in [0.2, 0.25) is 0 Å². The van der Waals surface area contributed by atoms with Crippen LogP contribution in [0, 0.1) is 12.8 Å². The van der Waals surface area contributed by atoms with Gasteiger partial charge in [-0.15, -0.1) is 0 Å². The summed E-state index contributed by atoms with van der Waals surface area (Å²) in [5.41, 5.74) is 1.40. The van der Waals surface area contributed by atoms with E-state index in [0.717, 1.165) is 18.7 Å². The van der Waals surface area contributed by atoms with Crippen molar-refractivity contribution in [2.75, 3.05) is 19.8 Å². The fourth-order valence-electron chi connectivity index (χ4n) is 1.37. The number of carbonyl (C=O) groups excluding carboxylic acids is 1. The molecule has 0 aliphatic heterocycles. The van der Waals surface area contributed by atoms with Crippen molar-refractivity contribution >= 4 is 5.91 Å². The largest absolute Gasteiger partial charge is 0.381 e. The summed E-state index contributed by atoms with van der Waals surface area (Å²) >= 11 is 0. The van der Waals surface area contributed by atoms with E-state index in [2.05, 4.69) is 29.4 Å². The van der Waals surface area contributed by atoms with Gasteiger partial charge in [-0.1, -0.05) is 13.8 Å². The molecule has 0 aliphatic carbocycles. The number of aromatic amines is 1. The minimum absolute atomic E-state index is 0.0832. The van der Waals surface area contributed by atoms with Gasteiger partial charge in [0.1, 0.15) is 0 Å². The molecule has 5 nitrogen and oxygen atoms in total. The average Bonchev–Trinajstić information content (AvgIpc) is 2.69. The number of nitrogens with one attached hydrogen (secondary N) is 2. The standard InChI is InChI=1S/C12H21N3O2/c1-9(2)8-17-6-4-5-13-12(16)11-7-14-15-10(11)3/h7,9H,4-6,8H2,1-3H3,(H,13,16)(H,14,15). The highest BCUT2D eigenvalue weighted by Gasteiger charge is 2.09. The van der Waals surface area contributed by atoms with Gasteiger partial charge in [0.05, 0.1) is 11.8 Å². The molecule has 0 aromatic carbocycles.